The number of rotatable bonds is 6. The van der Waals surface area contributed by atoms with Gasteiger partial charge in [0.2, 0.25) is 0 Å². The van der Waals surface area contributed by atoms with Gasteiger partial charge < -0.3 is 14.5 Å². The summed E-state index contributed by atoms with van der Waals surface area (Å²) in [6.45, 7) is 0. The van der Waals surface area contributed by atoms with Crippen LogP contribution in [-0.2, 0) is 0 Å². The monoisotopic (exact) mass is 718 g/mol. The third-order valence-corrected chi connectivity index (χ3v) is 11.5. The summed E-state index contributed by atoms with van der Waals surface area (Å²) in [6, 6.07) is 63.0. The highest BCUT2D eigenvalue weighted by atomic mass is 15.1. The topological polar surface area (TPSA) is 34.2 Å². The van der Waals surface area contributed by atoms with Crippen molar-refractivity contribution in [3.8, 4) is 16.8 Å². The Morgan fingerprint density at radius 1 is 0.482 bits per heavy atom. The molecule has 2 aromatic heterocycles. The number of hydrogen-bond acceptors (Lipinski definition) is 2. The average molecular weight is 719 g/mol. The number of hydrogen-bond donors (Lipinski definition) is 1. The Morgan fingerprint density at radius 2 is 1.02 bits per heavy atom. The highest BCUT2D eigenvalue weighted by Gasteiger charge is 2.27. The number of allylic oxidation sites excluding steroid dienone is 4. The minimum atomic E-state index is -0.116. The Bertz CT molecular complexity index is 3050. The zero-order valence-corrected chi connectivity index (χ0v) is 30.8. The lowest BCUT2D eigenvalue weighted by molar-refractivity contribution is 0.470. The molecule has 3 heterocycles. The molecule has 9 aromatic rings. The highest BCUT2D eigenvalue weighted by molar-refractivity contribution is 6.29. The second kappa shape index (κ2) is 13.3. The van der Waals surface area contributed by atoms with Crippen molar-refractivity contribution >= 4 is 60.7 Å². The van der Waals surface area contributed by atoms with E-state index in [0.29, 0.717) is 0 Å². The zero-order valence-electron chi connectivity index (χ0n) is 30.8. The van der Waals surface area contributed by atoms with E-state index in [-0.39, 0.29) is 12.1 Å². The summed E-state index contributed by atoms with van der Waals surface area (Å²) in [6.07, 6.45) is 10.0. The van der Waals surface area contributed by atoms with Gasteiger partial charge in [0, 0.05) is 44.5 Å². The van der Waals surface area contributed by atoms with Gasteiger partial charge in [-0.2, -0.15) is 0 Å². The van der Waals surface area contributed by atoms with Crippen LogP contribution in [0.4, 0.5) is 0 Å². The van der Waals surface area contributed by atoms with Crippen LogP contribution in [0.3, 0.4) is 0 Å². The summed E-state index contributed by atoms with van der Waals surface area (Å²) < 4.78 is 4.86. The summed E-state index contributed by atoms with van der Waals surface area (Å²) in [7, 11) is 0. The summed E-state index contributed by atoms with van der Waals surface area (Å²) in [4.78, 5) is 5.33. The van der Waals surface area contributed by atoms with Crippen LogP contribution in [0.5, 0.6) is 0 Å². The molecule has 1 aliphatic heterocycles. The molecule has 1 N–H and O–H groups in total. The van der Waals surface area contributed by atoms with E-state index in [1.807, 2.05) is 0 Å². The minimum absolute atomic E-state index is 0.116. The second-order valence-corrected chi connectivity index (χ2v) is 14.8. The Morgan fingerprint density at radius 3 is 1.66 bits per heavy atom. The second-order valence-electron chi connectivity index (χ2n) is 14.8. The molecule has 11 rings (SSSR count). The molecule has 2 unspecified atom stereocenters. The Balaban J connectivity index is 0.974. The van der Waals surface area contributed by atoms with Crippen LogP contribution in [-0.4, -0.2) is 21.0 Å². The van der Waals surface area contributed by atoms with Gasteiger partial charge in [0.1, 0.15) is 6.17 Å². The molecule has 0 saturated heterocycles. The van der Waals surface area contributed by atoms with Gasteiger partial charge in [0.25, 0.3) is 0 Å². The number of aromatic nitrogens is 2. The van der Waals surface area contributed by atoms with E-state index in [1.165, 1.54) is 66.1 Å². The zero-order chi connectivity index (χ0) is 37.0. The van der Waals surface area contributed by atoms with Crippen LogP contribution >= 0.6 is 0 Å². The first-order chi connectivity index (χ1) is 27.8. The normalized spacial score (nSPS) is 16.9. The maximum Gasteiger partial charge on any atom is 0.126 e. The Kier molecular flexibility index (Phi) is 7.66. The smallest absolute Gasteiger partial charge is 0.126 e. The molecular weight excluding hydrogens is 681 g/mol. The van der Waals surface area contributed by atoms with Gasteiger partial charge in [-0.05, 0) is 77.2 Å². The van der Waals surface area contributed by atoms with Crippen LogP contribution in [0, 0.1) is 5.92 Å². The van der Waals surface area contributed by atoms with Crippen LogP contribution in [0.2, 0.25) is 0 Å². The molecule has 0 amide bonds. The molecular formula is C52H38N4. The first-order valence-corrected chi connectivity index (χ1v) is 19.5. The van der Waals surface area contributed by atoms with Crippen LogP contribution in [0.25, 0.3) is 71.8 Å². The Labute approximate surface area is 325 Å². The SMILES string of the molecule is C1=CC(C2N=C(c3ccccc3)C=C(c3ccc(-c4ccccc4)cc3)N2)CC=C1n1c2ccccc2c2c3c4ccccc4n(-c4ccccc4)c3ccc21. The van der Waals surface area contributed by atoms with Gasteiger partial charge >= 0.3 is 0 Å². The molecule has 0 saturated carbocycles. The van der Waals surface area contributed by atoms with Gasteiger partial charge in [-0.1, -0.05) is 152 Å². The van der Waals surface area contributed by atoms with Gasteiger partial charge in [-0.3, -0.25) is 4.99 Å². The number of fused-ring (bicyclic) bond motifs is 7. The molecule has 266 valence electrons. The molecule has 2 aliphatic rings. The van der Waals surface area contributed by atoms with Crippen molar-refractivity contribution in [3.63, 3.8) is 0 Å². The number of benzene rings is 7. The van der Waals surface area contributed by atoms with Crippen molar-refractivity contribution in [2.75, 3.05) is 0 Å². The van der Waals surface area contributed by atoms with Gasteiger partial charge in [-0.25, -0.2) is 0 Å². The number of nitrogens with zero attached hydrogens (tertiary/aromatic N) is 3. The number of nitrogens with one attached hydrogen (secondary N) is 1. The summed E-state index contributed by atoms with van der Waals surface area (Å²) in [5.41, 5.74) is 14.0. The van der Waals surface area contributed by atoms with Crippen molar-refractivity contribution in [1.29, 1.82) is 0 Å². The number of para-hydroxylation sites is 3. The summed E-state index contributed by atoms with van der Waals surface area (Å²) in [5, 5.41) is 8.96. The van der Waals surface area contributed by atoms with Gasteiger partial charge in [0.15, 0.2) is 0 Å². The highest BCUT2D eigenvalue weighted by Crippen LogP contribution is 2.43. The lowest BCUT2D eigenvalue weighted by Gasteiger charge is -2.30. The number of aliphatic imine (C=N–C) groups is 1. The lowest BCUT2D eigenvalue weighted by Crippen LogP contribution is -2.37. The fourth-order valence-electron chi connectivity index (χ4n) is 8.84. The van der Waals surface area contributed by atoms with Gasteiger partial charge in [-0.15, -0.1) is 0 Å². The Hall–Kier alpha value is -7.17. The maximum absolute atomic E-state index is 5.33. The van der Waals surface area contributed by atoms with Crippen LogP contribution in [0.1, 0.15) is 17.5 Å². The first-order valence-electron chi connectivity index (χ1n) is 19.5. The molecule has 56 heavy (non-hydrogen) atoms. The summed E-state index contributed by atoms with van der Waals surface area (Å²) >= 11 is 0. The van der Waals surface area contributed by atoms with Crippen molar-refractivity contribution < 1.29 is 0 Å². The molecule has 0 bridgehead atoms. The van der Waals surface area contributed by atoms with E-state index in [4.69, 9.17) is 4.99 Å². The molecule has 4 nitrogen and oxygen atoms in total. The van der Waals surface area contributed by atoms with Crippen molar-refractivity contribution in [2.45, 2.75) is 12.6 Å². The van der Waals surface area contributed by atoms with E-state index in [0.717, 1.165) is 29.0 Å². The van der Waals surface area contributed by atoms with E-state index >= 15 is 0 Å². The molecule has 7 aromatic carbocycles. The lowest BCUT2D eigenvalue weighted by atomic mass is 9.93. The average Bonchev–Trinajstić information content (AvgIpc) is 3.80. The molecule has 4 heteroatoms. The first kappa shape index (κ1) is 32.3. The largest absolute Gasteiger partial charge is 0.363 e. The standard InChI is InChI=1S/C52H38N4/c1-4-14-35(15-5-1)36-24-26-38(27-25-36)45-34-44(37-16-6-2-7-17-37)53-52(54-45)39-28-30-41(31-29-39)56-47-23-13-11-21-43(47)51-49(56)33-32-48-50(51)42-20-10-12-22-46(42)55(48)40-18-8-3-9-19-40/h1-28,30-34,39,52,54H,29H2. The summed E-state index contributed by atoms with van der Waals surface area (Å²) in [5.74, 6) is 0.174. The fourth-order valence-corrected chi connectivity index (χ4v) is 8.84. The predicted octanol–water partition coefficient (Wildman–Crippen LogP) is 12.4. The van der Waals surface area contributed by atoms with Crippen LogP contribution < -0.4 is 5.32 Å². The van der Waals surface area contributed by atoms with E-state index in [1.54, 1.807) is 0 Å². The van der Waals surface area contributed by atoms with Crippen LogP contribution in [0.15, 0.2) is 205 Å². The van der Waals surface area contributed by atoms with Crippen molar-refractivity contribution in [2.24, 2.45) is 10.9 Å². The third-order valence-electron chi connectivity index (χ3n) is 11.5. The molecule has 0 radical (unpaired) electrons. The van der Waals surface area contributed by atoms with Crippen molar-refractivity contribution in [3.05, 3.63) is 211 Å². The molecule has 0 spiro atoms. The van der Waals surface area contributed by atoms with E-state index < -0.39 is 0 Å². The van der Waals surface area contributed by atoms with E-state index in [9.17, 15) is 0 Å². The third kappa shape index (κ3) is 5.33. The van der Waals surface area contributed by atoms with Gasteiger partial charge in [0.05, 0.1) is 27.8 Å². The maximum atomic E-state index is 5.33. The molecule has 0 fully saturated rings. The molecule has 2 atom stereocenters. The fraction of sp³-hybridized carbons (Fsp3) is 0.0577. The van der Waals surface area contributed by atoms with E-state index in [2.05, 4.69) is 215 Å². The van der Waals surface area contributed by atoms with Crippen molar-refractivity contribution in [1.82, 2.24) is 14.5 Å². The predicted molar refractivity (Wildman–Crippen MR) is 235 cm³/mol. The minimum Gasteiger partial charge on any atom is -0.363 e. The molecule has 1 aliphatic carbocycles. The quantitative estimate of drug-likeness (QED) is 0.182.